The second kappa shape index (κ2) is 6.87. The van der Waals surface area contributed by atoms with E-state index in [4.69, 9.17) is 15.6 Å². The van der Waals surface area contributed by atoms with Crippen molar-refractivity contribution in [1.29, 1.82) is 0 Å². The van der Waals surface area contributed by atoms with Gasteiger partial charge in [0.1, 0.15) is 6.29 Å². The van der Waals surface area contributed by atoms with Gasteiger partial charge >= 0.3 is 5.97 Å². The summed E-state index contributed by atoms with van der Waals surface area (Å²) in [5, 5.41) is 12.0. The van der Waals surface area contributed by atoms with E-state index >= 15 is 0 Å². The summed E-state index contributed by atoms with van der Waals surface area (Å²) in [6.45, 7) is 13.2. The molecular weight excluding hydrogens is 296 g/mol. The van der Waals surface area contributed by atoms with Crippen LogP contribution in [0.5, 0.6) is 0 Å². The minimum atomic E-state index is -1.01. The highest BCUT2D eigenvalue weighted by Crippen LogP contribution is 2.40. The molecule has 6 nitrogen and oxygen atoms in total. The van der Waals surface area contributed by atoms with E-state index < -0.39 is 17.6 Å². The van der Waals surface area contributed by atoms with E-state index in [-0.39, 0.29) is 29.4 Å². The maximum atomic E-state index is 11.1. The van der Waals surface area contributed by atoms with Gasteiger partial charge in [0.25, 0.3) is 0 Å². The first-order valence-electron chi connectivity index (χ1n) is 8.14. The van der Waals surface area contributed by atoms with Crippen molar-refractivity contribution >= 4 is 12.3 Å². The average Bonchev–Trinajstić information content (AvgIpc) is 2.94. The van der Waals surface area contributed by atoms with Crippen molar-refractivity contribution in [1.82, 2.24) is 5.32 Å². The van der Waals surface area contributed by atoms with Crippen molar-refractivity contribution in [2.24, 2.45) is 16.6 Å². The van der Waals surface area contributed by atoms with Gasteiger partial charge in [0.15, 0.2) is 0 Å². The number of aliphatic carboxylic acids is 1. The van der Waals surface area contributed by atoms with Crippen LogP contribution < -0.4 is 11.1 Å². The molecule has 0 spiro atoms. The number of carbonyl (C=O) groups excluding carboxylic acids is 1. The van der Waals surface area contributed by atoms with E-state index in [0.29, 0.717) is 19.3 Å². The van der Waals surface area contributed by atoms with Gasteiger partial charge in [-0.1, -0.05) is 41.5 Å². The van der Waals surface area contributed by atoms with Crippen molar-refractivity contribution in [2.45, 2.75) is 78.1 Å². The summed E-state index contributed by atoms with van der Waals surface area (Å²) in [7, 11) is 0. The average molecular weight is 328 g/mol. The van der Waals surface area contributed by atoms with Crippen molar-refractivity contribution in [3.63, 3.8) is 0 Å². The summed E-state index contributed by atoms with van der Waals surface area (Å²) < 4.78 is 6.21. The molecule has 0 saturated heterocycles. The van der Waals surface area contributed by atoms with Crippen LogP contribution in [0.25, 0.3) is 0 Å². The number of hydrogen-bond acceptors (Lipinski definition) is 5. The van der Waals surface area contributed by atoms with Crippen molar-refractivity contribution < 1.29 is 19.4 Å². The molecule has 0 aliphatic heterocycles. The Kier molecular flexibility index (Phi) is 5.99. The molecule has 0 aromatic carbocycles. The molecule has 3 atom stereocenters. The van der Waals surface area contributed by atoms with Gasteiger partial charge in [-0.2, -0.15) is 0 Å². The first-order valence-corrected chi connectivity index (χ1v) is 8.14. The summed E-state index contributed by atoms with van der Waals surface area (Å²) in [5.74, 6) is -1.01. The van der Waals surface area contributed by atoms with Crippen LogP contribution in [0, 0.1) is 10.8 Å². The molecule has 1 rings (SSSR count). The van der Waals surface area contributed by atoms with E-state index in [1.165, 1.54) is 0 Å². The lowest BCUT2D eigenvalue weighted by atomic mass is 9.74. The Labute approximate surface area is 139 Å². The van der Waals surface area contributed by atoms with Gasteiger partial charge < -0.3 is 20.4 Å². The smallest absolute Gasteiger partial charge is 0.305 e. The van der Waals surface area contributed by atoms with Gasteiger partial charge in [0.2, 0.25) is 0 Å². The predicted octanol–water partition coefficient (Wildman–Crippen LogP) is 1.57. The number of nitrogens with one attached hydrogen (secondary N) is 1. The van der Waals surface area contributed by atoms with Gasteiger partial charge in [0, 0.05) is 6.04 Å². The van der Waals surface area contributed by atoms with Gasteiger partial charge in [-0.25, -0.2) is 0 Å². The van der Waals surface area contributed by atoms with Crippen LogP contribution in [-0.2, 0) is 14.3 Å². The molecule has 134 valence electrons. The number of carbonyl (C=O) groups is 2. The predicted molar refractivity (Wildman–Crippen MR) is 89.2 cm³/mol. The SMILES string of the molecule is CC(C)(C)C(OCC1(N[C@H](C=O)CC(=O)O)CC1N)C(C)(C)C. The molecule has 6 heteroatoms. The monoisotopic (exact) mass is 328 g/mol. The lowest BCUT2D eigenvalue weighted by Gasteiger charge is -2.41. The number of carboxylic acids is 1. The zero-order valence-corrected chi connectivity index (χ0v) is 15.2. The van der Waals surface area contributed by atoms with E-state index in [0.717, 1.165) is 0 Å². The zero-order valence-electron chi connectivity index (χ0n) is 15.2. The number of aldehydes is 1. The van der Waals surface area contributed by atoms with E-state index in [1.807, 2.05) is 0 Å². The molecule has 0 heterocycles. The Balaban J connectivity index is 2.75. The largest absolute Gasteiger partial charge is 0.481 e. The Bertz CT molecular complexity index is 425. The molecule has 1 aliphatic rings. The molecule has 0 radical (unpaired) electrons. The maximum Gasteiger partial charge on any atom is 0.305 e. The number of carboxylic acid groups (broad SMARTS) is 1. The summed E-state index contributed by atoms with van der Waals surface area (Å²) >= 11 is 0. The van der Waals surface area contributed by atoms with Crippen molar-refractivity contribution in [3.8, 4) is 0 Å². The Morgan fingerprint density at radius 3 is 2.13 bits per heavy atom. The minimum absolute atomic E-state index is 0.00984. The van der Waals surface area contributed by atoms with Crippen LogP contribution in [0.3, 0.4) is 0 Å². The third-order valence-electron chi connectivity index (χ3n) is 4.25. The molecule has 4 N–H and O–H groups in total. The quantitative estimate of drug-likeness (QED) is 0.585. The second-order valence-electron chi connectivity index (χ2n) is 8.87. The summed E-state index contributed by atoms with van der Waals surface area (Å²) in [4.78, 5) is 21.9. The molecule has 23 heavy (non-hydrogen) atoms. The summed E-state index contributed by atoms with van der Waals surface area (Å²) in [5.41, 5.74) is 5.45. The standard InChI is InChI=1S/C17H32N2O4/c1-15(2,3)14(16(4,5)6)23-10-17(8-12(17)18)19-11(9-20)7-13(21)22/h9,11-12,14,19H,7-8,10,18H2,1-6H3,(H,21,22)/t11-,12?,17?/m0/s1. The van der Waals surface area contributed by atoms with Crippen LogP contribution in [0.2, 0.25) is 0 Å². The van der Waals surface area contributed by atoms with E-state index in [1.54, 1.807) is 0 Å². The highest BCUT2D eigenvalue weighted by Gasteiger charge is 2.54. The number of ether oxygens (including phenoxy) is 1. The molecule has 0 amide bonds. The fraction of sp³-hybridized carbons (Fsp3) is 0.882. The lowest BCUT2D eigenvalue weighted by Crippen LogP contribution is -2.51. The van der Waals surface area contributed by atoms with Crippen LogP contribution in [0.4, 0.5) is 0 Å². The van der Waals surface area contributed by atoms with E-state index in [2.05, 4.69) is 46.9 Å². The van der Waals surface area contributed by atoms with Gasteiger partial charge in [-0.05, 0) is 17.3 Å². The first kappa shape index (κ1) is 20.1. The molecule has 0 bridgehead atoms. The molecule has 2 unspecified atom stereocenters. The molecule has 0 aromatic rings. The fourth-order valence-corrected chi connectivity index (χ4v) is 3.43. The highest BCUT2D eigenvalue weighted by atomic mass is 16.5. The summed E-state index contributed by atoms with van der Waals surface area (Å²) in [6.07, 6.45) is 1.07. The Hall–Kier alpha value is -0.980. The first-order chi connectivity index (χ1) is 10.3. The topological polar surface area (TPSA) is 102 Å². The molecule has 1 aliphatic carbocycles. The molecular formula is C17H32N2O4. The third-order valence-corrected chi connectivity index (χ3v) is 4.25. The highest BCUT2D eigenvalue weighted by molar-refractivity contribution is 5.73. The van der Waals surface area contributed by atoms with Gasteiger partial charge in [-0.3, -0.25) is 10.1 Å². The number of hydrogen-bond donors (Lipinski definition) is 3. The normalized spacial score (nSPS) is 26.2. The van der Waals surface area contributed by atoms with Gasteiger partial charge in [0.05, 0.1) is 30.7 Å². The van der Waals surface area contributed by atoms with Gasteiger partial charge in [-0.15, -0.1) is 0 Å². The van der Waals surface area contributed by atoms with Crippen LogP contribution in [0.1, 0.15) is 54.4 Å². The molecule has 1 saturated carbocycles. The molecule has 1 fully saturated rings. The fourth-order valence-electron chi connectivity index (χ4n) is 3.43. The Morgan fingerprint density at radius 2 is 1.83 bits per heavy atom. The van der Waals surface area contributed by atoms with Crippen LogP contribution in [0.15, 0.2) is 0 Å². The second-order valence-corrected chi connectivity index (χ2v) is 8.87. The minimum Gasteiger partial charge on any atom is -0.481 e. The third kappa shape index (κ3) is 5.55. The van der Waals surface area contributed by atoms with Crippen molar-refractivity contribution in [3.05, 3.63) is 0 Å². The number of rotatable bonds is 8. The summed E-state index contributed by atoms with van der Waals surface area (Å²) in [6, 6.07) is -0.869. The lowest BCUT2D eigenvalue weighted by molar-refractivity contribution is -0.138. The van der Waals surface area contributed by atoms with Crippen molar-refractivity contribution in [2.75, 3.05) is 6.61 Å². The molecule has 0 aromatic heterocycles. The maximum absolute atomic E-state index is 11.1. The number of nitrogens with two attached hydrogens (primary N) is 1. The zero-order chi connectivity index (χ0) is 18.1. The van der Waals surface area contributed by atoms with Crippen LogP contribution in [-0.4, -0.2) is 47.7 Å². The van der Waals surface area contributed by atoms with Crippen LogP contribution >= 0.6 is 0 Å². The van der Waals surface area contributed by atoms with E-state index in [9.17, 15) is 9.59 Å². The Morgan fingerprint density at radius 1 is 1.35 bits per heavy atom.